The van der Waals surface area contributed by atoms with Gasteiger partial charge in [0.05, 0.1) is 30.4 Å². The molecule has 0 aromatic heterocycles. The normalized spacial score (nSPS) is 21.3. The van der Waals surface area contributed by atoms with Gasteiger partial charge in [-0.1, -0.05) is 12.8 Å². The number of carbonyl (C=O) groups is 1. The largest absolute Gasteiger partial charge is 0.463 e. The Morgan fingerprint density at radius 1 is 1.50 bits per heavy atom. The van der Waals surface area contributed by atoms with Crippen LogP contribution < -0.4 is 16.4 Å². The van der Waals surface area contributed by atoms with Crippen LogP contribution in [0.25, 0.3) is 0 Å². The highest BCUT2D eigenvalue weighted by molar-refractivity contribution is 7.80. The number of ether oxygens (including phenoxy) is 1. The average Bonchev–Trinajstić information content (AvgIpc) is 3.06. The molecule has 0 spiro atoms. The molecule has 1 aliphatic carbocycles. The van der Waals surface area contributed by atoms with Gasteiger partial charge in [-0.2, -0.15) is 5.26 Å². The van der Waals surface area contributed by atoms with E-state index >= 15 is 0 Å². The van der Waals surface area contributed by atoms with Crippen molar-refractivity contribution in [1.29, 1.82) is 5.26 Å². The second-order valence-electron chi connectivity index (χ2n) is 6.13. The molecule has 1 saturated carbocycles. The van der Waals surface area contributed by atoms with Crippen molar-refractivity contribution in [3.63, 3.8) is 0 Å². The summed E-state index contributed by atoms with van der Waals surface area (Å²) in [7, 11) is 0. The maximum absolute atomic E-state index is 12.6. The molecule has 4 N–H and O–H groups in total. The van der Waals surface area contributed by atoms with Crippen LogP contribution in [0.5, 0.6) is 0 Å². The molecule has 7 heteroatoms. The van der Waals surface area contributed by atoms with Crippen molar-refractivity contribution < 1.29 is 9.53 Å². The van der Waals surface area contributed by atoms with Gasteiger partial charge in [0.25, 0.3) is 0 Å². The zero-order valence-electron chi connectivity index (χ0n) is 14.1. The second-order valence-corrected chi connectivity index (χ2v) is 6.57. The van der Waals surface area contributed by atoms with Gasteiger partial charge in [-0.15, -0.1) is 0 Å². The van der Waals surface area contributed by atoms with E-state index in [-0.39, 0.29) is 22.9 Å². The monoisotopic (exact) mass is 348 g/mol. The van der Waals surface area contributed by atoms with E-state index in [4.69, 9.17) is 22.7 Å². The van der Waals surface area contributed by atoms with Gasteiger partial charge in [0.2, 0.25) is 0 Å². The SMILES string of the molecule is CCOC(=O)C1=C(CNC(N)=S)NC(C)=C(C#N)C1C1CCCC1. The summed E-state index contributed by atoms with van der Waals surface area (Å²) in [6, 6.07) is 2.30. The molecule has 1 heterocycles. The van der Waals surface area contributed by atoms with E-state index in [9.17, 15) is 10.1 Å². The summed E-state index contributed by atoms with van der Waals surface area (Å²) >= 11 is 4.87. The number of allylic oxidation sites excluding steroid dienone is 2. The second kappa shape index (κ2) is 8.15. The summed E-state index contributed by atoms with van der Waals surface area (Å²) in [6.45, 7) is 4.24. The Bertz CT molecular complexity index is 627. The number of nitrogens with zero attached hydrogens (tertiary/aromatic N) is 1. The minimum atomic E-state index is -0.373. The number of thiocarbonyl (C=S) groups is 1. The predicted octanol–water partition coefficient (Wildman–Crippen LogP) is 1.84. The maximum atomic E-state index is 12.6. The molecular formula is C17H24N4O2S. The summed E-state index contributed by atoms with van der Waals surface area (Å²) in [5, 5.41) is 15.9. The third kappa shape index (κ3) is 3.88. The van der Waals surface area contributed by atoms with Crippen LogP contribution in [0.15, 0.2) is 22.5 Å². The van der Waals surface area contributed by atoms with Crippen molar-refractivity contribution in [2.24, 2.45) is 17.6 Å². The Balaban J connectivity index is 2.46. The van der Waals surface area contributed by atoms with Crippen LogP contribution in [0.1, 0.15) is 39.5 Å². The lowest BCUT2D eigenvalue weighted by molar-refractivity contribution is -0.139. The van der Waals surface area contributed by atoms with Gasteiger partial charge in [0.15, 0.2) is 5.11 Å². The van der Waals surface area contributed by atoms with Gasteiger partial charge < -0.3 is 21.1 Å². The molecule has 0 radical (unpaired) electrons. The molecule has 2 aliphatic rings. The Hall–Kier alpha value is -2.07. The molecule has 6 nitrogen and oxygen atoms in total. The molecule has 24 heavy (non-hydrogen) atoms. The zero-order valence-corrected chi connectivity index (χ0v) is 15.0. The van der Waals surface area contributed by atoms with Crippen LogP contribution in [0.2, 0.25) is 0 Å². The molecule has 1 atom stereocenters. The number of esters is 1. The number of dihydropyridines is 1. The van der Waals surface area contributed by atoms with Crippen molar-refractivity contribution in [3.8, 4) is 6.07 Å². The Morgan fingerprint density at radius 3 is 2.71 bits per heavy atom. The Labute approximate surface area is 148 Å². The number of nitrogens with one attached hydrogen (secondary N) is 2. The smallest absolute Gasteiger partial charge is 0.336 e. The molecule has 0 saturated heterocycles. The molecule has 0 amide bonds. The average molecular weight is 348 g/mol. The maximum Gasteiger partial charge on any atom is 0.336 e. The van der Waals surface area contributed by atoms with Gasteiger partial charge >= 0.3 is 5.97 Å². The molecule has 0 aromatic carbocycles. The molecule has 1 unspecified atom stereocenters. The van der Waals surface area contributed by atoms with E-state index in [2.05, 4.69) is 16.7 Å². The van der Waals surface area contributed by atoms with Crippen molar-refractivity contribution in [3.05, 3.63) is 22.5 Å². The highest BCUT2D eigenvalue weighted by Crippen LogP contribution is 2.42. The quantitative estimate of drug-likeness (QED) is 0.515. The summed E-state index contributed by atoms with van der Waals surface area (Å²) in [5.41, 5.74) is 8.16. The summed E-state index contributed by atoms with van der Waals surface area (Å²) in [4.78, 5) is 12.6. The number of nitriles is 1. The fraction of sp³-hybridized carbons (Fsp3) is 0.588. The number of nitrogens with two attached hydrogens (primary N) is 1. The first-order valence-electron chi connectivity index (χ1n) is 8.30. The first-order valence-corrected chi connectivity index (χ1v) is 8.71. The summed E-state index contributed by atoms with van der Waals surface area (Å²) in [5.74, 6) is -0.307. The summed E-state index contributed by atoms with van der Waals surface area (Å²) in [6.07, 6.45) is 4.29. The fourth-order valence-electron chi connectivity index (χ4n) is 3.62. The Morgan fingerprint density at radius 2 is 2.17 bits per heavy atom. The first kappa shape index (κ1) is 18.3. The molecule has 1 aliphatic heterocycles. The van der Waals surface area contributed by atoms with Crippen LogP contribution in [0, 0.1) is 23.2 Å². The predicted molar refractivity (Wildman–Crippen MR) is 95.3 cm³/mol. The van der Waals surface area contributed by atoms with Crippen LogP contribution in [-0.2, 0) is 9.53 Å². The lowest BCUT2D eigenvalue weighted by Crippen LogP contribution is -2.40. The van der Waals surface area contributed by atoms with Crippen LogP contribution in [-0.4, -0.2) is 24.2 Å². The number of hydrogen-bond donors (Lipinski definition) is 3. The van der Waals surface area contributed by atoms with Crippen LogP contribution in [0.3, 0.4) is 0 Å². The lowest BCUT2D eigenvalue weighted by atomic mass is 9.76. The number of carbonyl (C=O) groups excluding carboxylic acids is 1. The van der Waals surface area contributed by atoms with Crippen LogP contribution in [0.4, 0.5) is 0 Å². The molecule has 1 fully saturated rings. The van der Waals surface area contributed by atoms with E-state index in [1.165, 1.54) is 0 Å². The first-order chi connectivity index (χ1) is 11.5. The van der Waals surface area contributed by atoms with E-state index in [0.29, 0.717) is 30.0 Å². The lowest BCUT2D eigenvalue weighted by Gasteiger charge is -2.33. The molecular weight excluding hydrogens is 324 g/mol. The van der Waals surface area contributed by atoms with Gasteiger partial charge in [-0.25, -0.2) is 4.79 Å². The number of hydrogen-bond acceptors (Lipinski definition) is 5. The van der Waals surface area contributed by atoms with Gasteiger partial charge in [0.1, 0.15) is 0 Å². The third-order valence-corrected chi connectivity index (χ3v) is 4.76. The van der Waals surface area contributed by atoms with E-state index < -0.39 is 0 Å². The molecule has 0 bridgehead atoms. The van der Waals surface area contributed by atoms with E-state index in [1.54, 1.807) is 6.92 Å². The molecule has 2 rings (SSSR count). The van der Waals surface area contributed by atoms with Gasteiger partial charge in [0, 0.05) is 17.3 Å². The van der Waals surface area contributed by atoms with E-state index in [1.807, 2.05) is 6.92 Å². The summed E-state index contributed by atoms with van der Waals surface area (Å²) < 4.78 is 5.28. The van der Waals surface area contributed by atoms with Gasteiger partial charge in [-0.3, -0.25) is 0 Å². The van der Waals surface area contributed by atoms with Crippen molar-refractivity contribution in [2.75, 3.05) is 13.2 Å². The molecule has 0 aromatic rings. The van der Waals surface area contributed by atoms with Gasteiger partial charge in [-0.05, 0) is 44.8 Å². The topological polar surface area (TPSA) is 100 Å². The highest BCUT2D eigenvalue weighted by atomic mass is 32.1. The van der Waals surface area contributed by atoms with Crippen molar-refractivity contribution in [1.82, 2.24) is 10.6 Å². The zero-order chi connectivity index (χ0) is 17.7. The Kier molecular flexibility index (Phi) is 6.21. The van der Waals surface area contributed by atoms with Crippen molar-refractivity contribution in [2.45, 2.75) is 39.5 Å². The molecule has 130 valence electrons. The number of rotatable bonds is 5. The standard InChI is InChI=1S/C17H24N4O2S/c1-3-23-16(22)15-13(9-20-17(19)24)21-10(2)12(8-18)14(15)11-6-4-5-7-11/h11,14,21H,3-7,9H2,1-2H3,(H3,19,20,24). The minimum Gasteiger partial charge on any atom is -0.463 e. The van der Waals surface area contributed by atoms with Crippen LogP contribution >= 0.6 is 12.2 Å². The van der Waals surface area contributed by atoms with Crippen molar-refractivity contribution >= 4 is 23.3 Å². The minimum absolute atomic E-state index is 0.164. The third-order valence-electron chi connectivity index (χ3n) is 4.62. The van der Waals surface area contributed by atoms with E-state index in [0.717, 1.165) is 31.4 Å². The highest BCUT2D eigenvalue weighted by Gasteiger charge is 2.39. The fourth-order valence-corrected chi connectivity index (χ4v) is 3.69.